The average Bonchev–Trinajstić information content (AvgIpc) is 2.37. The van der Waals surface area contributed by atoms with Gasteiger partial charge >= 0.3 is 0 Å². The van der Waals surface area contributed by atoms with Gasteiger partial charge in [-0.3, -0.25) is 0 Å². The molecule has 100 valence electrons. The number of rotatable bonds is 5. The lowest BCUT2D eigenvalue weighted by Gasteiger charge is -2.23. The van der Waals surface area contributed by atoms with Crippen LogP contribution in [0, 0.1) is 5.92 Å². The molecule has 1 aliphatic rings. The van der Waals surface area contributed by atoms with Crippen molar-refractivity contribution in [1.82, 2.24) is 0 Å². The van der Waals surface area contributed by atoms with Crippen LogP contribution in [-0.2, 0) is 6.42 Å². The Labute approximate surface area is 111 Å². The molecule has 1 aromatic rings. The summed E-state index contributed by atoms with van der Waals surface area (Å²) in [6.45, 7) is 5.27. The summed E-state index contributed by atoms with van der Waals surface area (Å²) in [6.07, 6.45) is 5.92. The maximum absolute atomic E-state index is 6.16. The average molecular weight is 247 g/mol. The van der Waals surface area contributed by atoms with Gasteiger partial charge in [-0.1, -0.05) is 26.3 Å². The lowest BCUT2D eigenvalue weighted by atomic mass is 9.88. The second kappa shape index (κ2) is 6.24. The summed E-state index contributed by atoms with van der Waals surface area (Å²) in [5.74, 6) is 1.61. The number of hydrogen-bond acceptors (Lipinski definition) is 2. The molecule has 0 heterocycles. The van der Waals surface area contributed by atoms with E-state index in [9.17, 15) is 0 Å². The highest BCUT2D eigenvalue weighted by atomic mass is 16.5. The molecular formula is C16H25NO. The number of benzene rings is 1. The number of ether oxygens (including phenoxy) is 1. The van der Waals surface area contributed by atoms with Crippen molar-refractivity contribution < 1.29 is 4.74 Å². The van der Waals surface area contributed by atoms with Gasteiger partial charge < -0.3 is 10.5 Å². The van der Waals surface area contributed by atoms with Crippen LogP contribution in [0.15, 0.2) is 18.2 Å². The highest BCUT2D eigenvalue weighted by molar-refractivity contribution is 5.39. The van der Waals surface area contributed by atoms with Crippen molar-refractivity contribution in [3.63, 3.8) is 0 Å². The van der Waals surface area contributed by atoms with Gasteiger partial charge in [0.2, 0.25) is 0 Å². The summed E-state index contributed by atoms with van der Waals surface area (Å²) in [5.41, 5.74) is 8.86. The molecule has 0 bridgehead atoms. The van der Waals surface area contributed by atoms with Gasteiger partial charge in [-0.05, 0) is 54.9 Å². The molecule has 0 aromatic heterocycles. The Morgan fingerprint density at radius 1 is 1.44 bits per heavy atom. The predicted molar refractivity (Wildman–Crippen MR) is 75.9 cm³/mol. The second-order valence-corrected chi connectivity index (χ2v) is 5.56. The fourth-order valence-electron chi connectivity index (χ4n) is 2.72. The van der Waals surface area contributed by atoms with E-state index in [1.54, 1.807) is 0 Å². The van der Waals surface area contributed by atoms with Gasteiger partial charge in [-0.25, -0.2) is 0 Å². The van der Waals surface area contributed by atoms with Crippen molar-refractivity contribution in [3.8, 4) is 5.75 Å². The fraction of sp³-hybridized carbons (Fsp3) is 0.625. The summed E-state index contributed by atoms with van der Waals surface area (Å²) < 4.78 is 5.88. The van der Waals surface area contributed by atoms with Crippen LogP contribution in [0.1, 0.15) is 56.7 Å². The summed E-state index contributed by atoms with van der Waals surface area (Å²) >= 11 is 0. The first-order chi connectivity index (χ1) is 8.70. The molecule has 2 heteroatoms. The van der Waals surface area contributed by atoms with Gasteiger partial charge in [-0.2, -0.15) is 0 Å². The lowest BCUT2D eigenvalue weighted by Crippen LogP contribution is -2.17. The highest BCUT2D eigenvalue weighted by Crippen LogP contribution is 2.31. The van der Waals surface area contributed by atoms with Crippen molar-refractivity contribution in [3.05, 3.63) is 29.3 Å². The molecule has 0 aliphatic heterocycles. The maximum Gasteiger partial charge on any atom is 0.119 e. The Hall–Kier alpha value is -1.02. The highest BCUT2D eigenvalue weighted by Gasteiger charge is 2.17. The van der Waals surface area contributed by atoms with Crippen LogP contribution in [0.2, 0.25) is 0 Å². The summed E-state index contributed by atoms with van der Waals surface area (Å²) in [7, 11) is 0. The summed E-state index contributed by atoms with van der Waals surface area (Å²) in [5, 5.41) is 0. The van der Waals surface area contributed by atoms with E-state index < -0.39 is 0 Å². The minimum absolute atomic E-state index is 0.199. The molecule has 2 rings (SSSR count). The van der Waals surface area contributed by atoms with Gasteiger partial charge in [0.1, 0.15) is 5.75 Å². The molecule has 1 aliphatic carbocycles. The largest absolute Gasteiger partial charge is 0.493 e. The Kier molecular flexibility index (Phi) is 4.65. The van der Waals surface area contributed by atoms with Crippen molar-refractivity contribution in [2.45, 2.75) is 52.0 Å². The van der Waals surface area contributed by atoms with E-state index in [1.807, 2.05) is 0 Å². The Morgan fingerprint density at radius 3 is 3.06 bits per heavy atom. The molecule has 18 heavy (non-hydrogen) atoms. The molecule has 2 N–H and O–H groups in total. The smallest absolute Gasteiger partial charge is 0.119 e. The van der Waals surface area contributed by atoms with Gasteiger partial charge in [0.05, 0.1) is 6.61 Å². The fourth-order valence-corrected chi connectivity index (χ4v) is 2.72. The third-order valence-corrected chi connectivity index (χ3v) is 3.79. The van der Waals surface area contributed by atoms with Crippen LogP contribution < -0.4 is 10.5 Å². The zero-order valence-corrected chi connectivity index (χ0v) is 11.6. The van der Waals surface area contributed by atoms with Crippen LogP contribution in [0.25, 0.3) is 0 Å². The monoisotopic (exact) mass is 247 g/mol. The first-order valence-electron chi connectivity index (χ1n) is 7.22. The molecule has 1 aromatic carbocycles. The van der Waals surface area contributed by atoms with Crippen LogP contribution in [0.5, 0.6) is 5.75 Å². The number of aryl methyl sites for hydroxylation is 1. The third kappa shape index (κ3) is 3.26. The van der Waals surface area contributed by atoms with E-state index in [2.05, 4.69) is 32.0 Å². The van der Waals surface area contributed by atoms with Gasteiger partial charge in [0.15, 0.2) is 0 Å². The van der Waals surface area contributed by atoms with Crippen LogP contribution in [0.4, 0.5) is 0 Å². The zero-order chi connectivity index (χ0) is 13.0. The Balaban J connectivity index is 2.00. The zero-order valence-electron chi connectivity index (χ0n) is 11.6. The maximum atomic E-state index is 6.16. The van der Waals surface area contributed by atoms with E-state index >= 15 is 0 Å². The SMILES string of the molecule is CCCC(C)COc1ccc2c(c1)[C@H](N)CCC2. The van der Waals surface area contributed by atoms with Crippen molar-refractivity contribution in [1.29, 1.82) is 0 Å². The summed E-state index contributed by atoms with van der Waals surface area (Å²) in [4.78, 5) is 0. The minimum atomic E-state index is 0.199. The molecule has 0 amide bonds. The van der Waals surface area contributed by atoms with E-state index in [0.717, 1.165) is 25.2 Å². The lowest BCUT2D eigenvalue weighted by molar-refractivity contribution is 0.251. The van der Waals surface area contributed by atoms with E-state index in [4.69, 9.17) is 10.5 Å². The van der Waals surface area contributed by atoms with Gasteiger partial charge in [0.25, 0.3) is 0 Å². The van der Waals surface area contributed by atoms with Crippen molar-refractivity contribution >= 4 is 0 Å². The quantitative estimate of drug-likeness (QED) is 0.858. The van der Waals surface area contributed by atoms with Crippen LogP contribution >= 0.6 is 0 Å². The van der Waals surface area contributed by atoms with E-state index in [1.165, 1.54) is 30.4 Å². The van der Waals surface area contributed by atoms with Gasteiger partial charge in [-0.15, -0.1) is 0 Å². The summed E-state index contributed by atoms with van der Waals surface area (Å²) in [6, 6.07) is 6.63. The third-order valence-electron chi connectivity index (χ3n) is 3.79. The van der Waals surface area contributed by atoms with E-state index in [-0.39, 0.29) is 6.04 Å². The van der Waals surface area contributed by atoms with Crippen LogP contribution in [-0.4, -0.2) is 6.61 Å². The minimum Gasteiger partial charge on any atom is -0.493 e. The van der Waals surface area contributed by atoms with Crippen molar-refractivity contribution in [2.24, 2.45) is 11.7 Å². The van der Waals surface area contributed by atoms with Crippen molar-refractivity contribution in [2.75, 3.05) is 6.61 Å². The Bertz CT molecular complexity index is 389. The first-order valence-corrected chi connectivity index (χ1v) is 7.22. The molecule has 0 saturated carbocycles. The number of hydrogen-bond donors (Lipinski definition) is 1. The standard InChI is InChI=1S/C16H25NO/c1-3-5-12(2)11-18-14-9-8-13-6-4-7-16(17)15(13)10-14/h8-10,12,16H,3-7,11,17H2,1-2H3/t12?,16-/m1/s1. The van der Waals surface area contributed by atoms with Crippen LogP contribution in [0.3, 0.4) is 0 Å². The number of fused-ring (bicyclic) bond motifs is 1. The molecule has 2 nitrogen and oxygen atoms in total. The molecule has 1 unspecified atom stereocenters. The molecular weight excluding hydrogens is 222 g/mol. The first kappa shape index (κ1) is 13.4. The van der Waals surface area contributed by atoms with E-state index in [0.29, 0.717) is 5.92 Å². The molecule has 0 spiro atoms. The predicted octanol–water partition coefficient (Wildman–Crippen LogP) is 3.84. The number of nitrogens with two attached hydrogens (primary N) is 1. The molecule has 0 radical (unpaired) electrons. The Morgan fingerprint density at radius 2 is 2.28 bits per heavy atom. The molecule has 0 fully saturated rings. The topological polar surface area (TPSA) is 35.2 Å². The van der Waals surface area contributed by atoms with Gasteiger partial charge in [0, 0.05) is 6.04 Å². The normalized spacial score (nSPS) is 20.3. The molecule has 0 saturated heterocycles. The second-order valence-electron chi connectivity index (χ2n) is 5.56. The molecule has 2 atom stereocenters.